The van der Waals surface area contributed by atoms with Crippen LogP contribution in [0.1, 0.15) is 54.0 Å². The molecule has 8 nitrogen and oxygen atoms in total. The van der Waals surface area contributed by atoms with E-state index in [1.807, 2.05) is 42.5 Å². The predicted molar refractivity (Wildman–Crippen MR) is 159 cm³/mol. The van der Waals surface area contributed by atoms with Crippen molar-refractivity contribution in [3.8, 4) is 5.75 Å². The number of ether oxygens (including phenoxy) is 1. The number of nitrogens with one attached hydrogen (secondary N) is 1. The minimum Gasteiger partial charge on any atom is -0.489 e. The lowest BCUT2D eigenvalue weighted by Gasteiger charge is -2.43. The highest BCUT2D eigenvalue weighted by Crippen LogP contribution is 2.68. The Hall–Kier alpha value is -3.37. The first-order valence-corrected chi connectivity index (χ1v) is 16.3. The van der Waals surface area contributed by atoms with Gasteiger partial charge in [-0.15, -0.1) is 11.8 Å². The molecule has 42 heavy (non-hydrogen) atoms. The van der Waals surface area contributed by atoms with Crippen LogP contribution in [0.15, 0.2) is 64.4 Å². The molecule has 3 heterocycles. The first kappa shape index (κ1) is 27.5. The van der Waals surface area contributed by atoms with Gasteiger partial charge in [-0.1, -0.05) is 60.2 Å². The van der Waals surface area contributed by atoms with Gasteiger partial charge in [0.2, 0.25) is 11.8 Å². The lowest BCUT2D eigenvalue weighted by molar-refractivity contribution is -0.141. The first-order chi connectivity index (χ1) is 20.4. The van der Waals surface area contributed by atoms with Gasteiger partial charge in [0.25, 0.3) is 0 Å². The summed E-state index contributed by atoms with van der Waals surface area (Å²) in [4.78, 5) is 56.2. The van der Waals surface area contributed by atoms with Crippen molar-refractivity contribution in [2.45, 2.75) is 54.9 Å². The number of carbonyl (C=O) groups is 3. The van der Waals surface area contributed by atoms with Gasteiger partial charge in [0, 0.05) is 29.0 Å². The molecule has 1 aromatic heterocycles. The standard InChI is InChI=1S/C32H32N2O6S2/c35-22(36)12-5-2-6-13-34-30(37)25-20-15-21(26(25)31(34)38)27-24(20)23(28-29(41-27)33-32(39)42-28)18-10-7-11-19(14-18)40-16-17-8-3-1-4-9-17/h1,3-4,7-11,14,20-21,23-27H,2,5-6,12-13,15-16H2,(H,33,39)(H,35,36). The third kappa shape index (κ3) is 4.68. The van der Waals surface area contributed by atoms with Crippen LogP contribution in [-0.2, 0) is 21.0 Å². The van der Waals surface area contributed by atoms with E-state index in [0.717, 1.165) is 33.2 Å². The molecule has 2 saturated carbocycles. The first-order valence-electron chi connectivity index (χ1n) is 14.6. The second-order valence-corrected chi connectivity index (χ2v) is 14.0. The molecule has 2 bridgehead atoms. The molecule has 1 saturated heterocycles. The number of nitrogens with zero attached hydrogens (tertiary/aromatic N) is 1. The highest BCUT2D eigenvalue weighted by molar-refractivity contribution is 8.00. The summed E-state index contributed by atoms with van der Waals surface area (Å²) in [6, 6.07) is 18.1. The van der Waals surface area contributed by atoms with Crippen molar-refractivity contribution in [2.24, 2.45) is 29.6 Å². The van der Waals surface area contributed by atoms with E-state index in [9.17, 15) is 19.2 Å². The molecule has 2 aliphatic carbocycles. The fraction of sp³-hybridized carbons (Fsp3) is 0.438. The number of thioether (sulfide) groups is 1. The molecule has 0 radical (unpaired) electrons. The number of hydrogen-bond donors (Lipinski definition) is 2. The van der Waals surface area contributed by atoms with Gasteiger partial charge in [0.15, 0.2) is 0 Å². The summed E-state index contributed by atoms with van der Waals surface area (Å²) in [5, 5.41) is 9.93. The molecule has 2 aliphatic heterocycles. The molecule has 7 unspecified atom stereocenters. The van der Waals surface area contributed by atoms with Crippen molar-refractivity contribution in [1.82, 2.24) is 9.88 Å². The van der Waals surface area contributed by atoms with E-state index in [2.05, 4.69) is 17.1 Å². The summed E-state index contributed by atoms with van der Waals surface area (Å²) in [7, 11) is 0. The lowest BCUT2D eigenvalue weighted by Crippen LogP contribution is -2.42. The minimum absolute atomic E-state index is 0.0561. The molecule has 3 fully saturated rings. The number of fused-ring (bicyclic) bond motifs is 9. The number of aromatic amines is 1. The molecule has 0 spiro atoms. The van der Waals surface area contributed by atoms with Crippen LogP contribution in [0.4, 0.5) is 0 Å². The Kier molecular flexibility index (Phi) is 7.22. The average Bonchev–Trinajstić information content (AvgIpc) is 3.72. The highest BCUT2D eigenvalue weighted by atomic mass is 32.2. The number of H-pyrrole nitrogens is 1. The van der Waals surface area contributed by atoms with E-state index in [-0.39, 0.29) is 63.9 Å². The normalized spacial score (nSPS) is 29.0. The fourth-order valence-corrected chi connectivity index (χ4v) is 10.8. The monoisotopic (exact) mass is 604 g/mol. The van der Waals surface area contributed by atoms with Crippen molar-refractivity contribution in [2.75, 3.05) is 6.54 Å². The van der Waals surface area contributed by atoms with Crippen LogP contribution in [-0.4, -0.2) is 44.6 Å². The maximum Gasteiger partial charge on any atom is 0.305 e. The van der Waals surface area contributed by atoms with E-state index in [4.69, 9.17) is 9.84 Å². The second-order valence-electron chi connectivity index (χ2n) is 11.8. The number of carbonyl (C=O) groups excluding carboxylic acids is 2. The maximum absolute atomic E-state index is 13.7. The number of carboxylic acids is 1. The van der Waals surface area contributed by atoms with Crippen LogP contribution in [0.25, 0.3) is 0 Å². The van der Waals surface area contributed by atoms with Crippen molar-refractivity contribution in [3.63, 3.8) is 0 Å². The zero-order valence-electron chi connectivity index (χ0n) is 22.9. The Morgan fingerprint density at radius 2 is 1.76 bits per heavy atom. The Balaban J connectivity index is 1.15. The van der Waals surface area contributed by atoms with E-state index < -0.39 is 5.97 Å². The molecular weight excluding hydrogens is 572 g/mol. The van der Waals surface area contributed by atoms with Gasteiger partial charge in [0.1, 0.15) is 12.4 Å². The molecule has 2 N–H and O–H groups in total. The summed E-state index contributed by atoms with van der Waals surface area (Å²) < 4.78 is 6.16. The van der Waals surface area contributed by atoms with Gasteiger partial charge in [-0.3, -0.25) is 24.1 Å². The zero-order valence-corrected chi connectivity index (χ0v) is 24.6. The van der Waals surface area contributed by atoms with Gasteiger partial charge in [0.05, 0.1) is 16.9 Å². The molecule has 10 heteroatoms. The van der Waals surface area contributed by atoms with Crippen molar-refractivity contribution < 1.29 is 24.2 Å². The topological polar surface area (TPSA) is 117 Å². The number of aromatic nitrogens is 1. The van der Waals surface area contributed by atoms with Crippen molar-refractivity contribution >= 4 is 40.9 Å². The summed E-state index contributed by atoms with van der Waals surface area (Å²) in [6.07, 6.45) is 2.79. The third-order valence-electron chi connectivity index (χ3n) is 9.55. The summed E-state index contributed by atoms with van der Waals surface area (Å²) in [5.74, 6) is -0.585. The van der Waals surface area contributed by atoms with Crippen LogP contribution in [0.3, 0.4) is 0 Å². The fourth-order valence-electron chi connectivity index (χ4n) is 7.93. The molecule has 2 aromatic carbocycles. The number of likely N-dealkylation sites (tertiary alicyclic amines) is 1. The lowest BCUT2D eigenvalue weighted by atomic mass is 9.68. The maximum atomic E-state index is 13.7. The van der Waals surface area contributed by atoms with Crippen LogP contribution in [0, 0.1) is 29.6 Å². The molecule has 4 aliphatic rings. The SMILES string of the molecule is O=C(O)CCCCCN1C(=O)C2C3CC(C2C1=O)C1C(c2cccc(OCc4ccccc4)c2)c2sc(=O)[nH]c2SC31. The van der Waals surface area contributed by atoms with Gasteiger partial charge in [-0.2, -0.15) is 0 Å². The number of carboxylic acid groups (broad SMARTS) is 1. The number of amides is 2. The van der Waals surface area contributed by atoms with Gasteiger partial charge in [-0.05, 0) is 60.3 Å². The molecule has 218 valence electrons. The number of rotatable bonds is 10. The average molecular weight is 605 g/mol. The predicted octanol–water partition coefficient (Wildman–Crippen LogP) is 5.13. The van der Waals surface area contributed by atoms with Crippen molar-refractivity contribution in [3.05, 3.63) is 80.3 Å². The minimum atomic E-state index is -0.827. The largest absolute Gasteiger partial charge is 0.489 e. The number of hydrogen-bond acceptors (Lipinski definition) is 7. The molecule has 2 amide bonds. The van der Waals surface area contributed by atoms with Gasteiger partial charge < -0.3 is 14.8 Å². The van der Waals surface area contributed by atoms with Crippen LogP contribution in [0.5, 0.6) is 5.75 Å². The molecular formula is C32H32N2O6S2. The highest BCUT2D eigenvalue weighted by Gasteiger charge is 2.69. The van der Waals surface area contributed by atoms with Crippen molar-refractivity contribution in [1.29, 1.82) is 0 Å². The number of imide groups is 1. The van der Waals surface area contributed by atoms with E-state index >= 15 is 0 Å². The van der Waals surface area contributed by atoms with Crippen LogP contribution >= 0.6 is 23.1 Å². The summed E-state index contributed by atoms with van der Waals surface area (Å²) in [5.41, 5.74) is 2.15. The number of unbranched alkanes of at least 4 members (excludes halogenated alkanes) is 2. The quantitative estimate of drug-likeness (QED) is 0.243. The number of thiazole rings is 1. The summed E-state index contributed by atoms with van der Waals surface area (Å²) >= 11 is 2.94. The van der Waals surface area contributed by atoms with Crippen LogP contribution < -0.4 is 9.61 Å². The molecule has 7 rings (SSSR count). The molecule has 7 atom stereocenters. The van der Waals surface area contributed by atoms with E-state index in [0.29, 0.717) is 32.4 Å². The Bertz CT molecular complexity index is 1580. The Morgan fingerprint density at radius 3 is 2.55 bits per heavy atom. The van der Waals surface area contributed by atoms with E-state index in [1.54, 1.807) is 11.8 Å². The smallest absolute Gasteiger partial charge is 0.305 e. The second kappa shape index (κ2) is 11.0. The van der Waals surface area contributed by atoms with Crippen LogP contribution in [0.2, 0.25) is 0 Å². The molecule has 3 aromatic rings. The van der Waals surface area contributed by atoms with Gasteiger partial charge >= 0.3 is 10.8 Å². The zero-order chi connectivity index (χ0) is 29.0. The Morgan fingerprint density at radius 1 is 0.976 bits per heavy atom. The number of aliphatic carboxylic acids is 1. The summed E-state index contributed by atoms with van der Waals surface area (Å²) in [6.45, 7) is 0.813. The number of benzene rings is 2. The van der Waals surface area contributed by atoms with Gasteiger partial charge in [-0.25, -0.2) is 0 Å². The Labute approximate surface area is 251 Å². The van der Waals surface area contributed by atoms with E-state index in [1.165, 1.54) is 16.2 Å². The third-order valence-corrected chi connectivity index (χ3v) is 12.1.